The number of nitrogens with one attached hydrogen (secondary N) is 1. The molecule has 0 aromatic heterocycles. The van der Waals surface area contributed by atoms with E-state index in [0.29, 0.717) is 43.9 Å². The number of anilines is 1. The first-order valence-corrected chi connectivity index (χ1v) is 12.4. The van der Waals surface area contributed by atoms with Crippen LogP contribution in [0.4, 0.5) is 14.9 Å². The molecular formula is C26H19Br2FN2O5. The minimum absolute atomic E-state index is 0.00432. The molecule has 3 aromatic rings. The normalized spacial score (nSPS) is 14.7. The van der Waals surface area contributed by atoms with Gasteiger partial charge in [-0.3, -0.25) is 14.9 Å². The molecular weight excluding hydrogens is 599 g/mol. The highest BCUT2D eigenvalue weighted by Gasteiger charge is 2.36. The molecule has 4 amide bonds. The number of barbiturate groups is 1. The molecule has 0 saturated carbocycles. The van der Waals surface area contributed by atoms with Gasteiger partial charge in [0.1, 0.15) is 29.5 Å². The Kier molecular flexibility index (Phi) is 7.85. The molecule has 36 heavy (non-hydrogen) atoms. The van der Waals surface area contributed by atoms with Crippen molar-refractivity contribution in [1.29, 1.82) is 0 Å². The molecule has 3 aromatic carbocycles. The zero-order chi connectivity index (χ0) is 25.8. The van der Waals surface area contributed by atoms with Crippen molar-refractivity contribution >= 4 is 61.5 Å². The minimum atomic E-state index is -0.842. The summed E-state index contributed by atoms with van der Waals surface area (Å²) in [5, 5.41) is 2.20. The van der Waals surface area contributed by atoms with E-state index in [4.69, 9.17) is 9.47 Å². The van der Waals surface area contributed by atoms with Gasteiger partial charge in [-0.1, -0.05) is 18.2 Å². The first-order valence-electron chi connectivity index (χ1n) is 10.8. The van der Waals surface area contributed by atoms with Gasteiger partial charge in [0.25, 0.3) is 11.8 Å². The number of carbonyl (C=O) groups is 3. The maximum absolute atomic E-state index is 13.9. The van der Waals surface area contributed by atoms with E-state index in [2.05, 4.69) is 37.2 Å². The second-order valence-electron chi connectivity index (χ2n) is 7.58. The lowest BCUT2D eigenvalue weighted by Crippen LogP contribution is -2.54. The van der Waals surface area contributed by atoms with Crippen molar-refractivity contribution in [2.24, 2.45) is 0 Å². The van der Waals surface area contributed by atoms with Crippen LogP contribution in [-0.4, -0.2) is 24.5 Å². The average Bonchev–Trinajstić information content (AvgIpc) is 2.83. The summed E-state index contributed by atoms with van der Waals surface area (Å²) in [5.41, 5.74) is 0.957. The Morgan fingerprint density at radius 2 is 1.64 bits per heavy atom. The van der Waals surface area contributed by atoms with Gasteiger partial charge < -0.3 is 9.47 Å². The van der Waals surface area contributed by atoms with Crippen LogP contribution in [0, 0.1) is 5.82 Å². The first-order chi connectivity index (χ1) is 17.3. The highest BCUT2D eigenvalue weighted by Crippen LogP contribution is 2.36. The molecule has 0 aliphatic carbocycles. The van der Waals surface area contributed by atoms with Gasteiger partial charge in [0.15, 0.2) is 0 Å². The SMILES string of the molecule is CCOc1ccc(N2C(=O)NC(=O)/C(=C\c3cc(Br)c(OCc4ccccc4F)c(Br)c3)C2=O)cc1. The van der Waals surface area contributed by atoms with Crippen molar-refractivity contribution in [1.82, 2.24) is 5.32 Å². The number of urea groups is 1. The lowest BCUT2D eigenvalue weighted by Gasteiger charge is -2.26. The molecule has 1 heterocycles. The molecule has 1 N–H and O–H groups in total. The standard InChI is InChI=1S/C26H19Br2FN2O5/c1-2-35-18-9-7-17(8-10-18)31-25(33)19(24(32)30-26(31)34)11-15-12-20(27)23(21(28)13-15)36-14-16-5-3-4-6-22(16)29/h3-13H,2,14H2,1H3,(H,30,32,34)/b19-11+. The van der Waals surface area contributed by atoms with Gasteiger partial charge in [-0.25, -0.2) is 14.1 Å². The molecule has 1 saturated heterocycles. The van der Waals surface area contributed by atoms with Crippen LogP contribution in [0.2, 0.25) is 0 Å². The Bertz CT molecular complexity index is 1350. The second kappa shape index (κ2) is 11.0. The summed E-state index contributed by atoms with van der Waals surface area (Å²) in [4.78, 5) is 39.0. The van der Waals surface area contributed by atoms with Crippen LogP contribution in [0.25, 0.3) is 6.08 Å². The Morgan fingerprint density at radius 1 is 0.972 bits per heavy atom. The van der Waals surface area contributed by atoms with Gasteiger partial charge >= 0.3 is 6.03 Å². The summed E-state index contributed by atoms with van der Waals surface area (Å²) < 4.78 is 26.1. The van der Waals surface area contributed by atoms with Crippen LogP contribution in [0.15, 0.2) is 75.2 Å². The van der Waals surface area contributed by atoms with Gasteiger partial charge in [0.05, 0.1) is 21.2 Å². The minimum Gasteiger partial charge on any atom is -0.494 e. The van der Waals surface area contributed by atoms with E-state index in [-0.39, 0.29) is 18.0 Å². The van der Waals surface area contributed by atoms with Crippen molar-refractivity contribution < 1.29 is 28.2 Å². The molecule has 4 rings (SSSR count). The molecule has 10 heteroatoms. The van der Waals surface area contributed by atoms with Crippen LogP contribution in [0.1, 0.15) is 18.1 Å². The number of hydrogen-bond acceptors (Lipinski definition) is 5. The van der Waals surface area contributed by atoms with Crippen molar-refractivity contribution in [3.63, 3.8) is 0 Å². The fourth-order valence-corrected chi connectivity index (χ4v) is 4.93. The van der Waals surface area contributed by atoms with E-state index in [1.165, 1.54) is 12.1 Å². The molecule has 184 valence electrons. The summed E-state index contributed by atoms with van der Waals surface area (Å²) in [6, 6.07) is 15.1. The highest BCUT2D eigenvalue weighted by molar-refractivity contribution is 9.11. The highest BCUT2D eigenvalue weighted by atomic mass is 79.9. The van der Waals surface area contributed by atoms with Crippen molar-refractivity contribution in [2.45, 2.75) is 13.5 Å². The van der Waals surface area contributed by atoms with Gasteiger partial charge in [0, 0.05) is 5.56 Å². The molecule has 1 aliphatic heterocycles. The predicted octanol–water partition coefficient (Wildman–Crippen LogP) is 5.99. The average molecular weight is 618 g/mol. The summed E-state index contributed by atoms with van der Waals surface area (Å²) in [7, 11) is 0. The van der Waals surface area contributed by atoms with E-state index in [1.54, 1.807) is 54.6 Å². The fourth-order valence-electron chi connectivity index (χ4n) is 3.48. The third-order valence-electron chi connectivity index (χ3n) is 5.17. The second-order valence-corrected chi connectivity index (χ2v) is 9.29. The van der Waals surface area contributed by atoms with Crippen LogP contribution >= 0.6 is 31.9 Å². The Morgan fingerprint density at radius 3 is 2.28 bits per heavy atom. The smallest absolute Gasteiger partial charge is 0.335 e. The summed E-state index contributed by atoms with van der Waals surface area (Å²) in [6.07, 6.45) is 1.38. The third-order valence-corrected chi connectivity index (χ3v) is 6.35. The molecule has 7 nitrogen and oxygen atoms in total. The summed E-state index contributed by atoms with van der Waals surface area (Å²) >= 11 is 6.85. The summed E-state index contributed by atoms with van der Waals surface area (Å²) in [5.74, 6) is -0.935. The Hall–Kier alpha value is -3.50. The molecule has 0 unspecified atom stereocenters. The monoisotopic (exact) mass is 616 g/mol. The van der Waals surface area contributed by atoms with E-state index >= 15 is 0 Å². The number of nitrogens with zero attached hydrogens (tertiary/aromatic N) is 1. The third kappa shape index (κ3) is 5.50. The fraction of sp³-hybridized carbons (Fsp3) is 0.115. The van der Waals surface area contributed by atoms with Gasteiger partial charge in [-0.05, 0) is 92.9 Å². The van der Waals surface area contributed by atoms with Crippen LogP contribution in [-0.2, 0) is 16.2 Å². The van der Waals surface area contributed by atoms with Crippen LogP contribution in [0.5, 0.6) is 11.5 Å². The molecule has 0 radical (unpaired) electrons. The lowest BCUT2D eigenvalue weighted by atomic mass is 10.1. The van der Waals surface area contributed by atoms with Crippen LogP contribution < -0.4 is 19.7 Å². The zero-order valence-corrected chi connectivity index (χ0v) is 22.1. The number of ether oxygens (including phenoxy) is 2. The number of imide groups is 2. The first kappa shape index (κ1) is 25.6. The number of benzene rings is 3. The van der Waals surface area contributed by atoms with Crippen molar-refractivity contribution in [2.75, 3.05) is 11.5 Å². The molecule has 0 bridgehead atoms. The van der Waals surface area contributed by atoms with Gasteiger partial charge in [-0.15, -0.1) is 0 Å². The zero-order valence-electron chi connectivity index (χ0n) is 18.9. The maximum Gasteiger partial charge on any atom is 0.335 e. The van der Waals surface area contributed by atoms with E-state index in [1.807, 2.05) is 6.92 Å². The Balaban J connectivity index is 1.59. The van der Waals surface area contributed by atoms with Crippen molar-refractivity contribution in [3.8, 4) is 11.5 Å². The number of halogens is 3. The quantitative estimate of drug-likeness (QED) is 0.260. The van der Waals surface area contributed by atoms with Gasteiger partial charge in [0.2, 0.25) is 0 Å². The van der Waals surface area contributed by atoms with Crippen molar-refractivity contribution in [3.05, 3.63) is 92.1 Å². The van der Waals surface area contributed by atoms with E-state index in [9.17, 15) is 18.8 Å². The number of rotatable bonds is 7. The summed E-state index contributed by atoms with van der Waals surface area (Å²) in [6.45, 7) is 2.32. The Labute approximate surface area is 223 Å². The largest absolute Gasteiger partial charge is 0.494 e. The lowest BCUT2D eigenvalue weighted by molar-refractivity contribution is -0.122. The van der Waals surface area contributed by atoms with E-state index in [0.717, 1.165) is 4.90 Å². The predicted molar refractivity (Wildman–Crippen MR) is 139 cm³/mol. The molecule has 1 aliphatic rings. The topological polar surface area (TPSA) is 84.9 Å². The maximum atomic E-state index is 13.9. The number of hydrogen-bond donors (Lipinski definition) is 1. The number of amides is 4. The van der Waals surface area contributed by atoms with Gasteiger partial charge in [-0.2, -0.15) is 0 Å². The molecule has 0 spiro atoms. The van der Waals surface area contributed by atoms with E-state index < -0.39 is 17.8 Å². The molecule has 1 fully saturated rings. The number of carbonyl (C=O) groups excluding carboxylic acids is 3. The molecule has 0 atom stereocenters. The van der Waals surface area contributed by atoms with Crippen LogP contribution in [0.3, 0.4) is 0 Å².